The van der Waals surface area contributed by atoms with Crippen LogP contribution >= 0.6 is 0 Å². The van der Waals surface area contributed by atoms with E-state index in [0.29, 0.717) is 18.3 Å². The van der Waals surface area contributed by atoms with Crippen LogP contribution in [-0.4, -0.2) is 5.78 Å². The zero-order chi connectivity index (χ0) is 13.1. The molecule has 0 bridgehead atoms. The summed E-state index contributed by atoms with van der Waals surface area (Å²) < 4.78 is 0. The predicted molar refractivity (Wildman–Crippen MR) is 76.1 cm³/mol. The molecule has 0 saturated carbocycles. The Morgan fingerprint density at radius 2 is 1.76 bits per heavy atom. The maximum atomic E-state index is 11.6. The highest BCUT2D eigenvalue weighted by Crippen LogP contribution is 2.17. The van der Waals surface area contributed by atoms with Gasteiger partial charge in [-0.25, -0.2) is 0 Å². The van der Waals surface area contributed by atoms with Gasteiger partial charge in [0.1, 0.15) is 0 Å². The summed E-state index contributed by atoms with van der Waals surface area (Å²) >= 11 is 0. The topological polar surface area (TPSA) is 17.1 Å². The number of unbranched alkanes of at least 4 members (excludes halogenated alkanes) is 2. The molecule has 0 rings (SSSR count). The van der Waals surface area contributed by atoms with Gasteiger partial charge in [0, 0.05) is 6.42 Å². The Bertz CT molecular complexity index is 216. The van der Waals surface area contributed by atoms with Crippen LogP contribution in [-0.2, 0) is 4.79 Å². The first-order chi connectivity index (χ1) is 8.10. The second-order valence-electron chi connectivity index (χ2n) is 5.47. The third-order valence-corrected chi connectivity index (χ3v) is 3.00. The molecule has 17 heavy (non-hydrogen) atoms. The molecular formula is C16H30O. The molecule has 0 aromatic carbocycles. The highest BCUT2D eigenvalue weighted by atomic mass is 16.1. The summed E-state index contributed by atoms with van der Waals surface area (Å²) in [6.45, 7) is 8.64. The van der Waals surface area contributed by atoms with E-state index in [1.807, 2.05) is 6.08 Å². The zero-order valence-corrected chi connectivity index (χ0v) is 12.2. The van der Waals surface area contributed by atoms with E-state index in [9.17, 15) is 4.79 Å². The van der Waals surface area contributed by atoms with Crippen molar-refractivity contribution in [3.63, 3.8) is 0 Å². The Hall–Kier alpha value is -0.590. The monoisotopic (exact) mass is 238 g/mol. The molecule has 0 aliphatic rings. The van der Waals surface area contributed by atoms with Gasteiger partial charge < -0.3 is 0 Å². The van der Waals surface area contributed by atoms with Gasteiger partial charge in [-0.05, 0) is 30.8 Å². The van der Waals surface area contributed by atoms with Crippen molar-refractivity contribution < 1.29 is 4.79 Å². The van der Waals surface area contributed by atoms with E-state index >= 15 is 0 Å². The third-order valence-electron chi connectivity index (χ3n) is 3.00. The Kier molecular flexibility index (Phi) is 10.2. The molecule has 0 spiro atoms. The van der Waals surface area contributed by atoms with E-state index in [2.05, 4.69) is 33.8 Å². The van der Waals surface area contributed by atoms with Crippen LogP contribution in [0.15, 0.2) is 12.2 Å². The van der Waals surface area contributed by atoms with E-state index in [1.165, 1.54) is 38.5 Å². The summed E-state index contributed by atoms with van der Waals surface area (Å²) in [5.74, 6) is 1.37. The minimum absolute atomic E-state index is 0.289. The van der Waals surface area contributed by atoms with Crippen LogP contribution in [0.1, 0.15) is 72.6 Å². The van der Waals surface area contributed by atoms with Crippen molar-refractivity contribution in [2.45, 2.75) is 72.6 Å². The van der Waals surface area contributed by atoms with Crippen molar-refractivity contribution in [2.24, 2.45) is 11.8 Å². The maximum absolute atomic E-state index is 11.6. The molecule has 1 atom stereocenters. The summed E-state index contributed by atoms with van der Waals surface area (Å²) in [7, 11) is 0. The van der Waals surface area contributed by atoms with Gasteiger partial charge in [0.15, 0.2) is 5.78 Å². The normalized spacial score (nSPS) is 13.5. The molecule has 0 N–H and O–H groups in total. The molecule has 0 radical (unpaired) electrons. The van der Waals surface area contributed by atoms with Gasteiger partial charge in [0.05, 0.1) is 0 Å². The minimum atomic E-state index is 0.289. The highest BCUT2D eigenvalue weighted by Gasteiger charge is 2.05. The average molecular weight is 238 g/mol. The minimum Gasteiger partial charge on any atom is -0.295 e. The molecule has 0 aromatic rings. The second-order valence-corrected chi connectivity index (χ2v) is 5.47. The van der Waals surface area contributed by atoms with Gasteiger partial charge in [-0.15, -0.1) is 0 Å². The first-order valence-electron chi connectivity index (χ1n) is 7.31. The van der Waals surface area contributed by atoms with Gasteiger partial charge in [-0.3, -0.25) is 4.79 Å². The molecule has 0 aliphatic carbocycles. The average Bonchev–Trinajstić information content (AvgIpc) is 2.25. The standard InChI is InChI=1S/C16H30O/c1-5-7-8-10-15(9-6-2)11-12-16(17)13-14(3)4/h11-12,14-15H,5-10,13H2,1-4H3. The predicted octanol–water partition coefficient (Wildman–Crippen LogP) is 5.15. The van der Waals surface area contributed by atoms with Crippen molar-refractivity contribution >= 4 is 5.78 Å². The lowest BCUT2D eigenvalue weighted by atomic mass is 9.95. The van der Waals surface area contributed by atoms with Crippen LogP contribution in [0.5, 0.6) is 0 Å². The molecule has 0 aliphatic heterocycles. The van der Waals surface area contributed by atoms with Crippen molar-refractivity contribution in [2.75, 3.05) is 0 Å². The molecule has 0 aromatic heterocycles. The van der Waals surface area contributed by atoms with Crippen LogP contribution in [0.3, 0.4) is 0 Å². The first kappa shape index (κ1) is 16.4. The second kappa shape index (κ2) is 10.6. The molecule has 1 nitrogen and oxygen atoms in total. The Morgan fingerprint density at radius 3 is 2.29 bits per heavy atom. The fourth-order valence-corrected chi connectivity index (χ4v) is 2.08. The number of hydrogen-bond acceptors (Lipinski definition) is 1. The van der Waals surface area contributed by atoms with E-state index in [0.717, 1.165) is 0 Å². The van der Waals surface area contributed by atoms with Gasteiger partial charge >= 0.3 is 0 Å². The zero-order valence-electron chi connectivity index (χ0n) is 12.2. The lowest BCUT2D eigenvalue weighted by molar-refractivity contribution is -0.115. The van der Waals surface area contributed by atoms with E-state index in [-0.39, 0.29) is 5.78 Å². The number of carbonyl (C=O) groups is 1. The third kappa shape index (κ3) is 10.3. The lowest BCUT2D eigenvalue weighted by Crippen LogP contribution is -2.01. The van der Waals surface area contributed by atoms with Crippen LogP contribution in [0.25, 0.3) is 0 Å². The summed E-state index contributed by atoms with van der Waals surface area (Å²) in [6.07, 6.45) is 12.2. The highest BCUT2D eigenvalue weighted by molar-refractivity contribution is 5.89. The van der Waals surface area contributed by atoms with Crippen LogP contribution in [0.4, 0.5) is 0 Å². The van der Waals surface area contributed by atoms with Gasteiger partial charge in [0.25, 0.3) is 0 Å². The SMILES string of the molecule is CCCCCC(C=CC(=O)CC(C)C)CCC. The van der Waals surface area contributed by atoms with Crippen molar-refractivity contribution in [1.82, 2.24) is 0 Å². The maximum Gasteiger partial charge on any atom is 0.155 e. The molecule has 100 valence electrons. The van der Waals surface area contributed by atoms with Gasteiger partial charge in [-0.2, -0.15) is 0 Å². The molecular weight excluding hydrogens is 208 g/mol. The summed E-state index contributed by atoms with van der Waals surface area (Å²) in [5.41, 5.74) is 0. The number of carbonyl (C=O) groups excluding carboxylic acids is 1. The largest absolute Gasteiger partial charge is 0.295 e. The van der Waals surface area contributed by atoms with Crippen LogP contribution < -0.4 is 0 Å². The Balaban J connectivity index is 4.03. The Labute approximate surface area is 108 Å². The van der Waals surface area contributed by atoms with Crippen molar-refractivity contribution in [1.29, 1.82) is 0 Å². The molecule has 0 heterocycles. The Morgan fingerprint density at radius 1 is 1.06 bits per heavy atom. The fourth-order valence-electron chi connectivity index (χ4n) is 2.08. The van der Waals surface area contributed by atoms with Gasteiger partial charge in [0.2, 0.25) is 0 Å². The number of ketones is 1. The van der Waals surface area contributed by atoms with E-state index in [4.69, 9.17) is 0 Å². The van der Waals surface area contributed by atoms with Crippen molar-refractivity contribution in [3.8, 4) is 0 Å². The van der Waals surface area contributed by atoms with E-state index in [1.54, 1.807) is 0 Å². The molecule has 0 amide bonds. The lowest BCUT2D eigenvalue weighted by Gasteiger charge is -2.11. The molecule has 0 fully saturated rings. The summed E-state index contributed by atoms with van der Waals surface area (Å²) in [5, 5.41) is 0. The molecule has 1 heteroatoms. The number of rotatable bonds is 10. The van der Waals surface area contributed by atoms with Crippen LogP contribution in [0.2, 0.25) is 0 Å². The summed E-state index contributed by atoms with van der Waals surface area (Å²) in [4.78, 5) is 11.6. The van der Waals surface area contributed by atoms with Crippen LogP contribution in [0, 0.1) is 11.8 Å². The van der Waals surface area contributed by atoms with E-state index < -0.39 is 0 Å². The van der Waals surface area contributed by atoms with Crippen molar-refractivity contribution in [3.05, 3.63) is 12.2 Å². The molecule has 1 unspecified atom stereocenters. The first-order valence-corrected chi connectivity index (χ1v) is 7.31. The fraction of sp³-hybridized carbons (Fsp3) is 0.812. The number of hydrogen-bond donors (Lipinski definition) is 0. The number of allylic oxidation sites excluding steroid dienone is 2. The summed E-state index contributed by atoms with van der Waals surface area (Å²) in [6, 6.07) is 0. The quantitative estimate of drug-likeness (QED) is 0.380. The smallest absolute Gasteiger partial charge is 0.155 e. The molecule has 0 saturated heterocycles. The van der Waals surface area contributed by atoms with Gasteiger partial charge in [-0.1, -0.05) is 59.5 Å².